The fourth-order valence-corrected chi connectivity index (χ4v) is 3.95. The number of carbonyl (C=O) groups is 1. The molecule has 1 unspecified atom stereocenters. The van der Waals surface area contributed by atoms with E-state index in [1.54, 1.807) is 0 Å². The average Bonchev–Trinajstić information content (AvgIpc) is 3.07. The van der Waals surface area contributed by atoms with Crippen molar-refractivity contribution in [2.75, 3.05) is 0 Å². The van der Waals surface area contributed by atoms with Crippen LogP contribution in [0.1, 0.15) is 22.8 Å². The van der Waals surface area contributed by atoms with E-state index < -0.39 is 31.6 Å². The number of benzene rings is 1. The van der Waals surface area contributed by atoms with Crippen LogP contribution in [0.15, 0.2) is 41.6 Å². The number of hydrogen-bond donors (Lipinski definition) is 1. The summed E-state index contributed by atoms with van der Waals surface area (Å²) in [5, 5.41) is 14.4. The Morgan fingerprint density at radius 2 is 1.97 bits per heavy atom. The fraction of sp³-hybridized carbons (Fsp3) is 0.222. The van der Waals surface area contributed by atoms with Crippen LogP contribution in [0.5, 0.6) is 0 Å². The topological polar surface area (TPSA) is 132 Å². The molecule has 0 radical (unpaired) electrons. The maximum Gasteiger partial charge on any atom is 0.501 e. The molecule has 162 valence electrons. The standard InChI is InChI=1S/C18H13ClF3N5O3S/c1-17(8-23,9-27-7-15-14(26-27)4-10(19)6-25-15)13-5-11(2-3-12(13)16(24)28)31(29,30)18(20,21)22/h2-7H,9H2,1H3,(H2,24,28). The molecule has 0 spiro atoms. The SMILES string of the molecule is CC(C#N)(Cn1cc2ncc(Cl)cc2n1)c1cc(S(=O)(=O)C(F)(F)F)ccc1C(N)=O. The van der Waals surface area contributed by atoms with Gasteiger partial charge in [0.25, 0.3) is 9.84 Å². The summed E-state index contributed by atoms with van der Waals surface area (Å²) >= 11 is 5.87. The highest BCUT2D eigenvalue weighted by Crippen LogP contribution is 2.35. The highest BCUT2D eigenvalue weighted by Gasteiger charge is 2.47. The van der Waals surface area contributed by atoms with Crippen LogP contribution in [0.2, 0.25) is 5.02 Å². The summed E-state index contributed by atoms with van der Waals surface area (Å²) in [6, 6.07) is 5.56. The number of fused-ring (bicyclic) bond motifs is 1. The third-order valence-corrected chi connectivity index (χ3v) is 6.25. The van der Waals surface area contributed by atoms with E-state index in [1.807, 2.05) is 6.07 Å². The number of aromatic nitrogens is 3. The van der Waals surface area contributed by atoms with Gasteiger partial charge in [0.15, 0.2) is 0 Å². The van der Waals surface area contributed by atoms with E-state index in [4.69, 9.17) is 17.3 Å². The molecule has 0 aliphatic rings. The molecule has 3 aromatic rings. The van der Waals surface area contributed by atoms with Gasteiger partial charge in [-0.05, 0) is 36.8 Å². The number of rotatable bonds is 5. The molecule has 2 N–H and O–H groups in total. The van der Waals surface area contributed by atoms with Crippen molar-refractivity contribution in [1.29, 1.82) is 5.26 Å². The van der Waals surface area contributed by atoms with Gasteiger partial charge < -0.3 is 5.73 Å². The van der Waals surface area contributed by atoms with Crippen molar-refractivity contribution < 1.29 is 26.4 Å². The van der Waals surface area contributed by atoms with Crippen molar-refractivity contribution >= 4 is 38.4 Å². The average molecular weight is 472 g/mol. The van der Waals surface area contributed by atoms with Gasteiger partial charge in [0.05, 0.1) is 34.1 Å². The number of sulfone groups is 1. The van der Waals surface area contributed by atoms with E-state index in [2.05, 4.69) is 10.1 Å². The second-order valence-corrected chi connectivity index (χ2v) is 9.23. The Bertz CT molecular complexity index is 1350. The number of nitriles is 1. The van der Waals surface area contributed by atoms with Crippen LogP contribution < -0.4 is 5.73 Å². The van der Waals surface area contributed by atoms with Gasteiger partial charge in [-0.25, -0.2) is 8.42 Å². The summed E-state index contributed by atoms with van der Waals surface area (Å²) in [4.78, 5) is 14.8. The van der Waals surface area contributed by atoms with Crippen LogP contribution >= 0.6 is 11.6 Å². The predicted octanol–water partition coefficient (Wildman–Crippen LogP) is 2.96. The van der Waals surface area contributed by atoms with Crippen LogP contribution in [-0.4, -0.2) is 34.6 Å². The molecule has 1 aromatic carbocycles. The maximum atomic E-state index is 13.0. The minimum Gasteiger partial charge on any atom is -0.366 e. The zero-order valence-corrected chi connectivity index (χ0v) is 17.3. The van der Waals surface area contributed by atoms with E-state index in [9.17, 15) is 31.6 Å². The molecule has 2 heterocycles. The number of carbonyl (C=O) groups excluding carboxylic acids is 1. The van der Waals surface area contributed by atoms with E-state index >= 15 is 0 Å². The molecular weight excluding hydrogens is 459 g/mol. The first kappa shape index (κ1) is 22.5. The minimum absolute atomic E-state index is 0.243. The molecule has 1 atom stereocenters. The van der Waals surface area contributed by atoms with Crippen molar-refractivity contribution in [3.8, 4) is 6.07 Å². The Morgan fingerprint density at radius 1 is 1.29 bits per heavy atom. The second-order valence-electron chi connectivity index (χ2n) is 6.85. The quantitative estimate of drug-likeness (QED) is 0.608. The number of halogens is 4. The third kappa shape index (κ3) is 4.06. The molecule has 0 bridgehead atoms. The van der Waals surface area contributed by atoms with E-state index in [-0.39, 0.29) is 17.7 Å². The minimum atomic E-state index is -5.72. The summed E-state index contributed by atoms with van der Waals surface area (Å²) in [6.07, 6.45) is 2.86. The maximum absolute atomic E-state index is 13.0. The predicted molar refractivity (Wildman–Crippen MR) is 104 cm³/mol. The molecule has 1 amide bonds. The Labute approximate surface area is 179 Å². The molecule has 0 aliphatic carbocycles. The number of amides is 1. The Balaban J connectivity index is 2.16. The van der Waals surface area contributed by atoms with Crippen molar-refractivity contribution in [2.24, 2.45) is 5.73 Å². The highest BCUT2D eigenvalue weighted by atomic mass is 35.5. The van der Waals surface area contributed by atoms with Crippen molar-refractivity contribution in [1.82, 2.24) is 14.8 Å². The number of nitrogens with zero attached hydrogens (tertiary/aromatic N) is 4. The van der Waals surface area contributed by atoms with Crippen LogP contribution in [-0.2, 0) is 21.8 Å². The van der Waals surface area contributed by atoms with E-state index in [0.717, 1.165) is 6.07 Å². The molecule has 0 saturated heterocycles. The molecule has 0 aliphatic heterocycles. The summed E-state index contributed by atoms with van der Waals surface area (Å²) in [6.45, 7) is 1.08. The summed E-state index contributed by atoms with van der Waals surface area (Å²) < 4.78 is 64.0. The van der Waals surface area contributed by atoms with Gasteiger partial charge >= 0.3 is 5.51 Å². The number of primary amides is 1. The van der Waals surface area contributed by atoms with Crippen molar-refractivity contribution in [2.45, 2.75) is 29.3 Å². The first-order valence-corrected chi connectivity index (χ1v) is 10.3. The van der Waals surface area contributed by atoms with Gasteiger partial charge in [0.2, 0.25) is 5.91 Å². The van der Waals surface area contributed by atoms with Gasteiger partial charge in [0, 0.05) is 11.8 Å². The third-order valence-electron chi connectivity index (χ3n) is 4.56. The lowest BCUT2D eigenvalue weighted by atomic mass is 9.81. The molecule has 13 heteroatoms. The number of hydrogen-bond acceptors (Lipinski definition) is 6. The molecule has 0 fully saturated rings. The molecular formula is C18H13ClF3N5O3S. The first-order valence-electron chi connectivity index (χ1n) is 8.44. The lowest BCUT2D eigenvalue weighted by Gasteiger charge is -2.25. The Kier molecular flexibility index (Phi) is 5.45. The van der Waals surface area contributed by atoms with E-state index in [1.165, 1.54) is 30.1 Å². The number of alkyl halides is 3. The lowest BCUT2D eigenvalue weighted by Crippen LogP contribution is -2.31. The molecule has 8 nitrogen and oxygen atoms in total. The van der Waals surface area contributed by atoms with Crippen molar-refractivity contribution in [3.05, 3.63) is 52.8 Å². The number of nitrogens with two attached hydrogens (primary N) is 1. The smallest absolute Gasteiger partial charge is 0.366 e. The largest absolute Gasteiger partial charge is 0.501 e. The number of pyridine rings is 1. The molecule has 31 heavy (non-hydrogen) atoms. The van der Waals surface area contributed by atoms with Gasteiger partial charge in [-0.2, -0.15) is 23.5 Å². The van der Waals surface area contributed by atoms with Crippen LogP contribution in [0.3, 0.4) is 0 Å². The van der Waals surface area contributed by atoms with E-state index in [0.29, 0.717) is 28.2 Å². The fourth-order valence-electron chi connectivity index (χ4n) is 3.01. The normalized spacial score (nSPS) is 14.2. The molecule has 0 saturated carbocycles. The zero-order valence-electron chi connectivity index (χ0n) is 15.7. The summed E-state index contributed by atoms with van der Waals surface area (Å²) in [5.74, 6) is -1.04. The van der Waals surface area contributed by atoms with Crippen LogP contribution in [0.4, 0.5) is 13.2 Å². The van der Waals surface area contributed by atoms with Crippen LogP contribution in [0.25, 0.3) is 11.0 Å². The zero-order chi connectivity index (χ0) is 23.2. The lowest BCUT2D eigenvalue weighted by molar-refractivity contribution is -0.0436. The first-order chi connectivity index (χ1) is 14.3. The van der Waals surface area contributed by atoms with Gasteiger partial charge in [-0.15, -0.1) is 0 Å². The molecule has 3 rings (SSSR count). The molecule has 2 aromatic heterocycles. The van der Waals surface area contributed by atoms with Gasteiger partial charge in [-0.1, -0.05) is 11.6 Å². The highest BCUT2D eigenvalue weighted by molar-refractivity contribution is 7.92. The Hall–Kier alpha value is -3.17. The monoisotopic (exact) mass is 471 g/mol. The van der Waals surface area contributed by atoms with Crippen molar-refractivity contribution in [3.63, 3.8) is 0 Å². The second kappa shape index (κ2) is 7.51. The Morgan fingerprint density at radius 3 is 2.55 bits per heavy atom. The van der Waals surface area contributed by atoms with Gasteiger partial charge in [0.1, 0.15) is 11.0 Å². The van der Waals surface area contributed by atoms with Crippen LogP contribution in [0, 0.1) is 11.3 Å². The summed E-state index contributed by atoms with van der Waals surface area (Å²) in [7, 11) is -5.72. The van der Waals surface area contributed by atoms with Gasteiger partial charge in [-0.3, -0.25) is 14.5 Å². The summed E-state index contributed by atoms with van der Waals surface area (Å²) in [5.41, 5.74) is -1.65.